The van der Waals surface area contributed by atoms with Crippen molar-refractivity contribution in [3.05, 3.63) is 81.8 Å². The van der Waals surface area contributed by atoms with Gasteiger partial charge in [-0.05, 0) is 145 Å². The number of carbonyl (C=O) groups excluding carboxylic acids is 1. The molecule has 0 amide bonds. The number of piperidine rings is 1. The zero-order valence-corrected chi connectivity index (χ0v) is 35.0. The van der Waals surface area contributed by atoms with Crippen molar-refractivity contribution < 1.29 is 59.3 Å². The minimum atomic E-state index is -4.24. The average molecular weight is 927 g/mol. The van der Waals surface area contributed by atoms with E-state index in [-0.39, 0.29) is 80.0 Å². The third kappa shape index (κ3) is 9.97. The van der Waals surface area contributed by atoms with Crippen LogP contribution in [0.4, 0.5) is 35.1 Å². The van der Waals surface area contributed by atoms with Gasteiger partial charge in [0.25, 0.3) is 6.43 Å². The smallest absolute Gasteiger partial charge is 0.391 e. The van der Waals surface area contributed by atoms with Gasteiger partial charge < -0.3 is 14.6 Å². The fraction of sp³-hybridized carbons (Fsp3) is 0.522. The largest absolute Gasteiger partial charge is 0.490 e. The number of halogens is 9. The summed E-state index contributed by atoms with van der Waals surface area (Å²) >= 11 is 3.42. The molecule has 2 saturated carbocycles. The van der Waals surface area contributed by atoms with E-state index in [4.69, 9.17) is 9.47 Å². The van der Waals surface area contributed by atoms with E-state index in [9.17, 15) is 49.8 Å². The summed E-state index contributed by atoms with van der Waals surface area (Å²) in [6.07, 6.45) is -7.18. The highest BCUT2D eigenvalue weighted by atomic mass is 79.9. The predicted octanol–water partition coefficient (Wildman–Crippen LogP) is 13.6. The van der Waals surface area contributed by atoms with Gasteiger partial charge in [-0.1, -0.05) is 42.5 Å². The van der Waals surface area contributed by atoms with E-state index in [1.165, 1.54) is 6.07 Å². The molecule has 4 fully saturated rings. The van der Waals surface area contributed by atoms with E-state index in [0.29, 0.717) is 52.2 Å². The van der Waals surface area contributed by atoms with Crippen LogP contribution in [0.5, 0.6) is 11.5 Å². The fourth-order valence-electron chi connectivity index (χ4n) is 10.1. The lowest BCUT2D eigenvalue weighted by Gasteiger charge is -2.41. The summed E-state index contributed by atoms with van der Waals surface area (Å²) in [4.78, 5) is 25.5. The van der Waals surface area contributed by atoms with Gasteiger partial charge in [0.1, 0.15) is 11.5 Å². The van der Waals surface area contributed by atoms with Crippen LogP contribution in [0.25, 0.3) is 21.5 Å². The van der Waals surface area contributed by atoms with E-state index in [1.54, 1.807) is 12.1 Å². The Hall–Kier alpha value is -3.98. The first-order valence-corrected chi connectivity index (χ1v) is 21.7. The summed E-state index contributed by atoms with van der Waals surface area (Å²) in [7, 11) is 0. The van der Waals surface area contributed by atoms with Crippen molar-refractivity contribution in [2.75, 3.05) is 0 Å². The Morgan fingerprint density at radius 1 is 0.754 bits per heavy atom. The third-order valence-corrected chi connectivity index (χ3v) is 13.9. The summed E-state index contributed by atoms with van der Waals surface area (Å²) in [6.45, 7) is 2.04. The molecule has 2 saturated heterocycles. The molecule has 0 spiro atoms. The zero-order valence-electron chi connectivity index (χ0n) is 33.5. The monoisotopic (exact) mass is 925 g/mol. The number of ether oxygens (including phenoxy) is 2. The molecule has 4 aliphatic rings. The standard InChI is InChI=1S/C28H32F5NO3.C18H16BrF3O2/c1-15(34-20-7-8-21(34)13-18(12-20)27(35)36)17-3-2-16-4-11-24(25(26(29)30)23(16)14-17)37-22-9-5-19(6-10-22)28(31,32)33;19-16-9-11-3-1-2-4-14(11)15(10-23)17(16)24-13-7-5-12(6-8-13)18(20,21)22/h2-4,11,14-15,18-22,26H,5-10,12-13H2,1H3,(H,35,36);1-4,9-10,12-13H,5-8H2. The summed E-state index contributed by atoms with van der Waals surface area (Å²) in [6, 6.07) is 18.3. The minimum absolute atomic E-state index is 0.0325. The van der Waals surface area contributed by atoms with E-state index in [0.717, 1.165) is 35.5 Å². The van der Waals surface area contributed by atoms with Gasteiger partial charge in [-0.15, -0.1) is 0 Å². The highest BCUT2D eigenvalue weighted by Gasteiger charge is 2.46. The number of alkyl halides is 8. The normalized spacial score (nSPS) is 26.4. The third-order valence-electron chi connectivity index (χ3n) is 13.3. The lowest BCUT2D eigenvalue weighted by atomic mass is 9.87. The Kier molecular flexibility index (Phi) is 13.6. The van der Waals surface area contributed by atoms with Crippen LogP contribution in [-0.4, -0.2) is 58.9 Å². The first-order chi connectivity index (χ1) is 28.9. The second-order valence-corrected chi connectivity index (χ2v) is 17.8. The van der Waals surface area contributed by atoms with Crippen molar-refractivity contribution in [2.45, 2.75) is 133 Å². The predicted molar refractivity (Wildman–Crippen MR) is 218 cm³/mol. The molecule has 2 heterocycles. The van der Waals surface area contributed by atoms with Gasteiger partial charge >= 0.3 is 18.3 Å². The minimum Gasteiger partial charge on any atom is -0.490 e. The second-order valence-electron chi connectivity index (χ2n) is 17.0. The number of nitrogens with zero attached hydrogens (tertiary/aromatic N) is 1. The van der Waals surface area contributed by atoms with Crippen LogP contribution in [-0.2, 0) is 4.79 Å². The maximum atomic E-state index is 14.4. The highest BCUT2D eigenvalue weighted by molar-refractivity contribution is 9.10. The summed E-state index contributed by atoms with van der Waals surface area (Å²) in [5.74, 6) is -3.25. The quantitative estimate of drug-likeness (QED) is 0.133. The number of rotatable bonds is 9. The molecular formula is C46H48BrF8NO5. The van der Waals surface area contributed by atoms with E-state index in [1.807, 2.05) is 49.4 Å². The molecule has 2 aliphatic heterocycles. The number of fused-ring (bicyclic) bond motifs is 4. The molecule has 4 aromatic rings. The van der Waals surface area contributed by atoms with E-state index < -0.39 is 42.7 Å². The molecule has 3 atom stereocenters. The summed E-state index contributed by atoms with van der Waals surface area (Å²) < 4.78 is 119. The number of hydrogen-bond donors (Lipinski definition) is 1. The Labute approximate surface area is 357 Å². The van der Waals surface area contributed by atoms with Crippen molar-refractivity contribution in [3.63, 3.8) is 0 Å². The van der Waals surface area contributed by atoms with Crippen LogP contribution >= 0.6 is 15.9 Å². The van der Waals surface area contributed by atoms with Crippen LogP contribution < -0.4 is 9.47 Å². The molecule has 61 heavy (non-hydrogen) atoms. The van der Waals surface area contributed by atoms with Gasteiger partial charge in [-0.2, -0.15) is 26.3 Å². The number of aldehydes is 1. The number of hydrogen-bond acceptors (Lipinski definition) is 5. The van der Waals surface area contributed by atoms with Crippen molar-refractivity contribution in [3.8, 4) is 11.5 Å². The van der Waals surface area contributed by atoms with Gasteiger partial charge in [-0.25, -0.2) is 8.78 Å². The number of benzene rings is 4. The Morgan fingerprint density at radius 2 is 1.31 bits per heavy atom. The molecule has 0 radical (unpaired) electrons. The van der Waals surface area contributed by atoms with Crippen molar-refractivity contribution >= 4 is 49.7 Å². The van der Waals surface area contributed by atoms with Crippen molar-refractivity contribution in [1.29, 1.82) is 0 Å². The molecule has 15 heteroatoms. The fourth-order valence-corrected chi connectivity index (χ4v) is 10.6. The molecule has 3 unspecified atom stereocenters. The molecule has 8 rings (SSSR count). The maximum absolute atomic E-state index is 14.4. The SMILES string of the molecule is CC(c1ccc2ccc(OC3CCC(C(F)(F)F)CC3)c(C(F)F)c2c1)N1C2CCC1CC(C(=O)O)C2.O=Cc1c(OC2CCC(C(F)(F)F)CC2)c(Br)cc2ccccc12. The van der Waals surface area contributed by atoms with Crippen LogP contribution in [0.1, 0.15) is 118 Å². The van der Waals surface area contributed by atoms with Crippen LogP contribution in [0.15, 0.2) is 65.1 Å². The molecule has 2 bridgehead atoms. The number of carboxylic acid groups (broad SMARTS) is 1. The van der Waals surface area contributed by atoms with Crippen LogP contribution in [0, 0.1) is 17.8 Å². The van der Waals surface area contributed by atoms with Crippen LogP contribution in [0.3, 0.4) is 0 Å². The highest BCUT2D eigenvalue weighted by Crippen LogP contribution is 2.46. The van der Waals surface area contributed by atoms with Gasteiger partial charge in [0.15, 0.2) is 6.29 Å². The van der Waals surface area contributed by atoms with Gasteiger partial charge in [0.2, 0.25) is 0 Å². The number of aliphatic carboxylic acids is 1. The topological polar surface area (TPSA) is 76.1 Å². The zero-order chi connectivity index (χ0) is 43.8. The molecule has 0 aromatic heterocycles. The molecule has 6 nitrogen and oxygen atoms in total. The van der Waals surface area contributed by atoms with Crippen molar-refractivity contribution in [1.82, 2.24) is 4.90 Å². The number of carbonyl (C=O) groups is 2. The van der Waals surface area contributed by atoms with Gasteiger partial charge in [-0.3, -0.25) is 14.5 Å². The molecular weight excluding hydrogens is 878 g/mol. The summed E-state index contributed by atoms with van der Waals surface area (Å²) in [5.41, 5.74) is 1.08. The first kappa shape index (κ1) is 45.1. The molecule has 4 aromatic carbocycles. The Morgan fingerprint density at radius 3 is 1.85 bits per heavy atom. The van der Waals surface area contributed by atoms with Gasteiger partial charge in [0, 0.05) is 18.1 Å². The Bertz CT molecular complexity index is 2190. The number of carboxylic acids is 1. The Balaban J connectivity index is 0.000000202. The summed E-state index contributed by atoms with van der Waals surface area (Å²) in [5, 5.41) is 12.2. The lowest BCUT2D eigenvalue weighted by Crippen LogP contribution is -2.45. The molecule has 2 aliphatic carbocycles. The molecule has 330 valence electrons. The molecule has 1 N–H and O–H groups in total. The average Bonchev–Trinajstić information content (AvgIpc) is 3.48. The van der Waals surface area contributed by atoms with Gasteiger partial charge in [0.05, 0.1) is 45.6 Å². The first-order valence-electron chi connectivity index (χ1n) is 20.9. The van der Waals surface area contributed by atoms with Crippen molar-refractivity contribution in [2.24, 2.45) is 17.8 Å². The maximum Gasteiger partial charge on any atom is 0.391 e. The second kappa shape index (κ2) is 18.4. The van der Waals surface area contributed by atoms with E-state index >= 15 is 0 Å². The van der Waals surface area contributed by atoms with E-state index in [2.05, 4.69) is 20.8 Å². The lowest BCUT2D eigenvalue weighted by molar-refractivity contribution is -0.186. The van der Waals surface area contributed by atoms with Crippen LogP contribution in [0.2, 0.25) is 0 Å².